The quantitative estimate of drug-likeness (QED) is 0.682. The van der Waals surface area contributed by atoms with Gasteiger partial charge in [0.15, 0.2) is 6.61 Å². The summed E-state index contributed by atoms with van der Waals surface area (Å²) in [6.07, 6.45) is 0. The summed E-state index contributed by atoms with van der Waals surface area (Å²) >= 11 is 0. The van der Waals surface area contributed by atoms with Gasteiger partial charge in [0.05, 0.1) is 18.7 Å². The number of nitrogens with one attached hydrogen (secondary N) is 1. The highest BCUT2D eigenvalue weighted by Gasteiger charge is 2.06. The van der Waals surface area contributed by atoms with Crippen LogP contribution in [-0.2, 0) is 11.3 Å². The molecule has 0 aliphatic carbocycles. The first kappa shape index (κ1) is 19.0. The zero-order valence-electron chi connectivity index (χ0n) is 15.5. The minimum absolute atomic E-state index is 0.0641. The van der Waals surface area contributed by atoms with Crippen molar-refractivity contribution in [3.05, 3.63) is 83.9 Å². The number of carbonyl (C=O) groups is 1. The third-order valence-corrected chi connectivity index (χ3v) is 4.24. The van der Waals surface area contributed by atoms with Crippen LogP contribution in [0.5, 0.6) is 11.5 Å². The maximum atomic E-state index is 12.0. The molecule has 0 saturated carbocycles. The van der Waals surface area contributed by atoms with E-state index in [1.165, 1.54) is 0 Å². The number of nitrogens with zero attached hydrogens (tertiary/aromatic N) is 1. The van der Waals surface area contributed by atoms with Crippen molar-refractivity contribution in [2.75, 3.05) is 13.7 Å². The first-order valence-electron chi connectivity index (χ1n) is 8.81. The molecule has 3 rings (SSSR count). The van der Waals surface area contributed by atoms with E-state index >= 15 is 0 Å². The molecule has 0 spiro atoms. The molecule has 28 heavy (non-hydrogen) atoms. The van der Waals surface area contributed by atoms with E-state index < -0.39 is 0 Å². The number of hydrogen-bond acceptors (Lipinski definition) is 4. The highest BCUT2D eigenvalue weighted by atomic mass is 16.5. The minimum atomic E-state index is -0.206. The highest BCUT2D eigenvalue weighted by Crippen LogP contribution is 2.23. The third-order valence-electron chi connectivity index (χ3n) is 4.24. The van der Waals surface area contributed by atoms with Gasteiger partial charge in [-0.05, 0) is 41.5 Å². The van der Waals surface area contributed by atoms with Crippen molar-refractivity contribution >= 4 is 5.91 Å². The van der Waals surface area contributed by atoms with E-state index in [-0.39, 0.29) is 12.5 Å². The van der Waals surface area contributed by atoms with Crippen LogP contribution in [0.2, 0.25) is 0 Å². The van der Waals surface area contributed by atoms with E-state index in [1.807, 2.05) is 60.7 Å². The molecule has 3 aromatic rings. The van der Waals surface area contributed by atoms with Crippen molar-refractivity contribution < 1.29 is 14.3 Å². The fourth-order valence-electron chi connectivity index (χ4n) is 2.72. The van der Waals surface area contributed by atoms with Crippen LogP contribution in [0.15, 0.2) is 72.8 Å². The van der Waals surface area contributed by atoms with Gasteiger partial charge < -0.3 is 14.8 Å². The molecule has 0 bridgehead atoms. The largest absolute Gasteiger partial charge is 0.496 e. The number of amides is 1. The monoisotopic (exact) mass is 372 g/mol. The fourth-order valence-corrected chi connectivity index (χ4v) is 2.72. The van der Waals surface area contributed by atoms with Crippen molar-refractivity contribution in [2.45, 2.75) is 6.54 Å². The van der Waals surface area contributed by atoms with E-state index in [1.54, 1.807) is 19.2 Å². The Bertz CT molecular complexity index is 974. The molecule has 0 aliphatic heterocycles. The lowest BCUT2D eigenvalue weighted by atomic mass is 10.0. The van der Waals surface area contributed by atoms with E-state index in [4.69, 9.17) is 14.7 Å². The van der Waals surface area contributed by atoms with E-state index in [0.717, 1.165) is 22.4 Å². The molecule has 140 valence electrons. The molecule has 0 unspecified atom stereocenters. The summed E-state index contributed by atoms with van der Waals surface area (Å²) in [7, 11) is 1.60. The lowest BCUT2D eigenvalue weighted by Gasteiger charge is -2.10. The molecule has 5 nitrogen and oxygen atoms in total. The van der Waals surface area contributed by atoms with E-state index in [0.29, 0.717) is 17.9 Å². The first-order chi connectivity index (χ1) is 13.7. The Morgan fingerprint density at radius 3 is 2.25 bits per heavy atom. The van der Waals surface area contributed by atoms with Gasteiger partial charge in [-0.2, -0.15) is 5.26 Å². The van der Waals surface area contributed by atoms with Gasteiger partial charge in [-0.15, -0.1) is 0 Å². The summed E-state index contributed by atoms with van der Waals surface area (Å²) in [4.78, 5) is 12.0. The summed E-state index contributed by atoms with van der Waals surface area (Å²) in [6, 6.07) is 24.5. The summed E-state index contributed by atoms with van der Waals surface area (Å²) in [6.45, 7) is 0.315. The molecule has 0 atom stereocenters. The van der Waals surface area contributed by atoms with Crippen LogP contribution >= 0.6 is 0 Å². The molecule has 0 heterocycles. The molecule has 0 radical (unpaired) electrons. The Morgan fingerprint density at radius 1 is 0.964 bits per heavy atom. The zero-order chi connectivity index (χ0) is 19.8. The summed E-state index contributed by atoms with van der Waals surface area (Å²) in [5, 5.41) is 11.7. The van der Waals surface area contributed by atoms with Crippen LogP contribution in [-0.4, -0.2) is 19.6 Å². The molecule has 1 amide bonds. The van der Waals surface area contributed by atoms with Gasteiger partial charge in [0, 0.05) is 12.1 Å². The lowest BCUT2D eigenvalue weighted by molar-refractivity contribution is -0.123. The SMILES string of the molecule is COc1ccccc1CNC(=O)COc1ccc(-c2ccc(C#N)cc2)cc1. The van der Waals surface area contributed by atoms with E-state index in [2.05, 4.69) is 11.4 Å². The van der Waals surface area contributed by atoms with Gasteiger partial charge in [0.25, 0.3) is 5.91 Å². The number of carbonyl (C=O) groups excluding carboxylic acids is 1. The van der Waals surface area contributed by atoms with Crippen molar-refractivity contribution in [3.8, 4) is 28.7 Å². The van der Waals surface area contributed by atoms with Crippen LogP contribution < -0.4 is 14.8 Å². The predicted octanol–water partition coefficient (Wildman–Crippen LogP) is 3.93. The van der Waals surface area contributed by atoms with Gasteiger partial charge in [-0.3, -0.25) is 4.79 Å². The predicted molar refractivity (Wildman–Crippen MR) is 107 cm³/mol. The Hall–Kier alpha value is -3.78. The second-order valence-electron chi connectivity index (χ2n) is 6.09. The fraction of sp³-hybridized carbons (Fsp3) is 0.130. The Morgan fingerprint density at radius 2 is 1.61 bits per heavy atom. The summed E-state index contributed by atoms with van der Waals surface area (Å²) in [5.41, 5.74) is 3.56. The van der Waals surface area contributed by atoms with Gasteiger partial charge in [-0.1, -0.05) is 42.5 Å². The minimum Gasteiger partial charge on any atom is -0.496 e. The maximum Gasteiger partial charge on any atom is 0.258 e. The number of benzene rings is 3. The van der Waals surface area contributed by atoms with Crippen molar-refractivity contribution in [2.24, 2.45) is 0 Å². The van der Waals surface area contributed by atoms with Gasteiger partial charge in [0.1, 0.15) is 11.5 Å². The second-order valence-corrected chi connectivity index (χ2v) is 6.09. The van der Waals surface area contributed by atoms with Crippen LogP contribution in [0.4, 0.5) is 0 Å². The number of ether oxygens (including phenoxy) is 2. The molecule has 0 aliphatic rings. The normalized spacial score (nSPS) is 10.0. The average molecular weight is 372 g/mol. The van der Waals surface area contributed by atoms with Gasteiger partial charge in [0.2, 0.25) is 0 Å². The number of nitriles is 1. The Kier molecular flexibility index (Phi) is 6.27. The maximum absolute atomic E-state index is 12.0. The molecular formula is C23H20N2O3. The zero-order valence-corrected chi connectivity index (χ0v) is 15.5. The van der Waals surface area contributed by atoms with E-state index in [9.17, 15) is 4.79 Å². The van der Waals surface area contributed by atoms with Crippen LogP contribution in [0.3, 0.4) is 0 Å². The van der Waals surface area contributed by atoms with Crippen molar-refractivity contribution in [1.82, 2.24) is 5.32 Å². The standard InChI is InChI=1S/C23H20N2O3/c1-27-22-5-3-2-4-20(22)15-25-23(26)16-28-21-12-10-19(11-13-21)18-8-6-17(14-24)7-9-18/h2-13H,15-16H2,1H3,(H,25,26). The third kappa shape index (κ3) is 4.89. The van der Waals surface area contributed by atoms with Crippen LogP contribution in [0, 0.1) is 11.3 Å². The lowest BCUT2D eigenvalue weighted by Crippen LogP contribution is -2.28. The molecule has 1 N–H and O–H groups in total. The topological polar surface area (TPSA) is 71.3 Å². The van der Waals surface area contributed by atoms with Crippen molar-refractivity contribution in [3.63, 3.8) is 0 Å². The number of hydrogen-bond donors (Lipinski definition) is 1. The molecular weight excluding hydrogens is 352 g/mol. The molecule has 0 saturated heterocycles. The molecule has 0 fully saturated rings. The average Bonchev–Trinajstić information content (AvgIpc) is 2.77. The van der Waals surface area contributed by atoms with Gasteiger partial charge in [-0.25, -0.2) is 0 Å². The number of methoxy groups -OCH3 is 1. The highest BCUT2D eigenvalue weighted by molar-refractivity contribution is 5.77. The van der Waals surface area contributed by atoms with Gasteiger partial charge >= 0.3 is 0 Å². The van der Waals surface area contributed by atoms with Crippen molar-refractivity contribution in [1.29, 1.82) is 5.26 Å². The van der Waals surface area contributed by atoms with Crippen LogP contribution in [0.25, 0.3) is 11.1 Å². The molecule has 5 heteroatoms. The number of para-hydroxylation sites is 1. The summed E-state index contributed by atoms with van der Waals surface area (Å²) in [5.74, 6) is 1.15. The second kappa shape index (κ2) is 9.24. The Balaban J connectivity index is 1.51. The van der Waals surface area contributed by atoms with Crippen LogP contribution in [0.1, 0.15) is 11.1 Å². The molecule has 3 aromatic carbocycles. The smallest absolute Gasteiger partial charge is 0.258 e. The summed E-state index contributed by atoms with van der Waals surface area (Å²) < 4.78 is 10.8. The number of rotatable bonds is 7. The Labute approximate surface area is 164 Å². The first-order valence-corrected chi connectivity index (χ1v) is 8.81. The molecule has 0 aromatic heterocycles.